The van der Waals surface area contributed by atoms with Gasteiger partial charge in [-0.3, -0.25) is 0 Å². The molecule has 0 N–H and O–H groups in total. The Balaban J connectivity index is 2.09. The van der Waals surface area contributed by atoms with Gasteiger partial charge >= 0.3 is 0 Å². The molecule has 3 rings (SSSR count). The van der Waals surface area contributed by atoms with Crippen LogP contribution < -0.4 is 9.64 Å². The van der Waals surface area contributed by atoms with Crippen molar-refractivity contribution < 1.29 is 9.47 Å². The molecular weight excluding hydrogens is 276 g/mol. The molecule has 20 heavy (non-hydrogen) atoms. The Morgan fingerprint density at radius 1 is 1.45 bits per heavy atom. The minimum absolute atomic E-state index is 0.162. The van der Waals surface area contributed by atoms with Crippen molar-refractivity contribution in [3.8, 4) is 5.75 Å². The molecule has 1 aliphatic rings. The fourth-order valence-electron chi connectivity index (χ4n) is 2.55. The highest BCUT2D eigenvalue weighted by Crippen LogP contribution is 2.30. The number of nitrogens with zero attached hydrogens (tertiary/aromatic N) is 2. The Morgan fingerprint density at radius 2 is 2.35 bits per heavy atom. The molecule has 1 atom stereocenters. The van der Waals surface area contributed by atoms with Gasteiger partial charge in [-0.05, 0) is 23.6 Å². The highest BCUT2D eigenvalue weighted by molar-refractivity contribution is 6.18. The second-order valence-corrected chi connectivity index (χ2v) is 5.11. The number of methoxy groups -OCH3 is 1. The van der Waals surface area contributed by atoms with E-state index in [1.54, 1.807) is 7.11 Å². The van der Waals surface area contributed by atoms with E-state index in [0.717, 1.165) is 28.9 Å². The van der Waals surface area contributed by atoms with Gasteiger partial charge in [-0.15, -0.1) is 11.6 Å². The van der Waals surface area contributed by atoms with E-state index in [0.29, 0.717) is 19.1 Å². The van der Waals surface area contributed by atoms with Crippen molar-refractivity contribution >= 4 is 28.2 Å². The van der Waals surface area contributed by atoms with Crippen molar-refractivity contribution in [1.82, 2.24) is 4.98 Å². The lowest BCUT2D eigenvalue weighted by molar-refractivity contribution is 0.0995. The molecule has 0 spiro atoms. The number of halogens is 1. The summed E-state index contributed by atoms with van der Waals surface area (Å²) in [6.07, 6.45) is 1.84. The van der Waals surface area contributed by atoms with Gasteiger partial charge in [-0.1, -0.05) is 6.07 Å². The van der Waals surface area contributed by atoms with Crippen LogP contribution >= 0.6 is 11.6 Å². The average Bonchev–Trinajstić information content (AvgIpc) is 2.53. The van der Waals surface area contributed by atoms with Gasteiger partial charge in [0.05, 0.1) is 26.4 Å². The van der Waals surface area contributed by atoms with Crippen LogP contribution in [0, 0.1) is 0 Å². The van der Waals surface area contributed by atoms with Gasteiger partial charge in [0.15, 0.2) is 0 Å². The van der Waals surface area contributed by atoms with Gasteiger partial charge in [-0.2, -0.15) is 0 Å². The van der Waals surface area contributed by atoms with Gasteiger partial charge in [0, 0.05) is 24.0 Å². The molecule has 0 radical (unpaired) electrons. The number of morpholine rings is 1. The minimum atomic E-state index is 0.162. The maximum Gasteiger partial charge on any atom is 0.136 e. The number of anilines is 1. The van der Waals surface area contributed by atoms with E-state index in [2.05, 4.69) is 16.0 Å². The summed E-state index contributed by atoms with van der Waals surface area (Å²) in [5.74, 6) is 2.32. The molecule has 1 fully saturated rings. The molecule has 1 aromatic carbocycles. The maximum absolute atomic E-state index is 6.06. The summed E-state index contributed by atoms with van der Waals surface area (Å²) in [7, 11) is 1.67. The van der Waals surface area contributed by atoms with Crippen molar-refractivity contribution in [3.63, 3.8) is 0 Å². The van der Waals surface area contributed by atoms with Crippen molar-refractivity contribution in [2.45, 2.75) is 6.04 Å². The molecular formula is C15H17ClN2O2. The predicted octanol–water partition coefficient (Wildman–Crippen LogP) is 2.69. The lowest BCUT2D eigenvalue weighted by Crippen LogP contribution is -2.47. The summed E-state index contributed by atoms with van der Waals surface area (Å²) in [6, 6.07) is 8.21. The molecule has 0 amide bonds. The van der Waals surface area contributed by atoms with Gasteiger partial charge in [-0.25, -0.2) is 4.98 Å². The van der Waals surface area contributed by atoms with E-state index >= 15 is 0 Å². The smallest absolute Gasteiger partial charge is 0.136 e. The average molecular weight is 293 g/mol. The number of alkyl halides is 1. The molecule has 1 aliphatic heterocycles. The Bertz CT molecular complexity index is 605. The summed E-state index contributed by atoms with van der Waals surface area (Å²) in [4.78, 5) is 6.79. The quantitative estimate of drug-likeness (QED) is 0.815. The van der Waals surface area contributed by atoms with E-state index in [-0.39, 0.29) is 6.04 Å². The summed E-state index contributed by atoms with van der Waals surface area (Å²) in [5.41, 5.74) is 0. The Labute approximate surface area is 123 Å². The van der Waals surface area contributed by atoms with Crippen LogP contribution in [0.4, 0.5) is 5.82 Å². The predicted molar refractivity (Wildman–Crippen MR) is 81.0 cm³/mol. The molecule has 1 unspecified atom stereocenters. The zero-order valence-electron chi connectivity index (χ0n) is 11.4. The standard InChI is InChI=1S/C15H17ClN2O2/c1-19-13-3-2-11-4-5-17-15(14(11)8-13)18-6-7-20-10-12(18)9-16/h2-5,8,12H,6-7,9-10H2,1H3. The van der Waals surface area contributed by atoms with Gasteiger partial charge in [0.2, 0.25) is 0 Å². The lowest BCUT2D eigenvalue weighted by Gasteiger charge is -2.36. The first-order valence-electron chi connectivity index (χ1n) is 6.66. The highest BCUT2D eigenvalue weighted by atomic mass is 35.5. The molecule has 5 heteroatoms. The third kappa shape index (κ3) is 2.41. The number of fused-ring (bicyclic) bond motifs is 1. The number of benzene rings is 1. The number of hydrogen-bond donors (Lipinski definition) is 0. The maximum atomic E-state index is 6.06. The first kappa shape index (κ1) is 13.5. The van der Waals surface area contributed by atoms with Crippen LogP contribution in [0.3, 0.4) is 0 Å². The minimum Gasteiger partial charge on any atom is -0.497 e. The van der Waals surface area contributed by atoms with E-state index < -0.39 is 0 Å². The normalized spacial score (nSPS) is 19.3. The molecule has 4 nitrogen and oxygen atoms in total. The van der Waals surface area contributed by atoms with Crippen molar-refractivity contribution in [1.29, 1.82) is 0 Å². The zero-order chi connectivity index (χ0) is 13.9. The molecule has 1 saturated heterocycles. The zero-order valence-corrected chi connectivity index (χ0v) is 12.1. The second-order valence-electron chi connectivity index (χ2n) is 4.80. The Hall–Kier alpha value is -1.52. The molecule has 106 valence electrons. The largest absolute Gasteiger partial charge is 0.497 e. The molecule has 2 aromatic rings. The molecule has 2 heterocycles. The highest BCUT2D eigenvalue weighted by Gasteiger charge is 2.24. The first-order chi connectivity index (χ1) is 9.83. The van der Waals surface area contributed by atoms with Gasteiger partial charge in [0.1, 0.15) is 11.6 Å². The van der Waals surface area contributed by atoms with Crippen LogP contribution in [0.25, 0.3) is 10.8 Å². The third-order valence-electron chi connectivity index (χ3n) is 3.63. The van der Waals surface area contributed by atoms with Crippen molar-refractivity contribution in [2.24, 2.45) is 0 Å². The third-order valence-corrected chi connectivity index (χ3v) is 3.99. The van der Waals surface area contributed by atoms with Gasteiger partial charge < -0.3 is 14.4 Å². The SMILES string of the molecule is COc1ccc2ccnc(N3CCOCC3CCl)c2c1. The summed E-state index contributed by atoms with van der Waals surface area (Å²) in [5, 5.41) is 2.24. The number of pyridine rings is 1. The van der Waals surface area contributed by atoms with Crippen LogP contribution in [-0.4, -0.2) is 43.8 Å². The molecule has 1 aromatic heterocycles. The summed E-state index contributed by atoms with van der Waals surface area (Å²) in [6.45, 7) is 2.15. The summed E-state index contributed by atoms with van der Waals surface area (Å²) < 4.78 is 10.8. The monoisotopic (exact) mass is 292 g/mol. The van der Waals surface area contributed by atoms with Crippen LogP contribution in [-0.2, 0) is 4.74 Å². The van der Waals surface area contributed by atoms with Crippen LogP contribution in [0.2, 0.25) is 0 Å². The molecule has 0 saturated carbocycles. The molecule has 0 bridgehead atoms. The summed E-state index contributed by atoms with van der Waals surface area (Å²) >= 11 is 6.06. The van der Waals surface area contributed by atoms with E-state index in [1.165, 1.54) is 0 Å². The van der Waals surface area contributed by atoms with Crippen molar-refractivity contribution in [2.75, 3.05) is 37.6 Å². The fourth-order valence-corrected chi connectivity index (χ4v) is 2.81. The second kappa shape index (κ2) is 5.85. The molecule has 0 aliphatic carbocycles. The number of ether oxygens (including phenoxy) is 2. The van der Waals surface area contributed by atoms with Crippen LogP contribution in [0.1, 0.15) is 0 Å². The topological polar surface area (TPSA) is 34.6 Å². The van der Waals surface area contributed by atoms with E-state index in [9.17, 15) is 0 Å². The Kier molecular flexibility index (Phi) is 3.94. The number of rotatable bonds is 3. The lowest BCUT2D eigenvalue weighted by atomic mass is 10.1. The van der Waals surface area contributed by atoms with Crippen LogP contribution in [0.15, 0.2) is 30.5 Å². The van der Waals surface area contributed by atoms with E-state index in [1.807, 2.05) is 24.4 Å². The fraction of sp³-hybridized carbons (Fsp3) is 0.400. The van der Waals surface area contributed by atoms with Crippen LogP contribution in [0.5, 0.6) is 5.75 Å². The number of aromatic nitrogens is 1. The van der Waals surface area contributed by atoms with Crippen molar-refractivity contribution in [3.05, 3.63) is 30.5 Å². The Morgan fingerprint density at radius 3 is 3.15 bits per heavy atom. The van der Waals surface area contributed by atoms with Gasteiger partial charge in [0.25, 0.3) is 0 Å². The number of hydrogen-bond acceptors (Lipinski definition) is 4. The van der Waals surface area contributed by atoms with E-state index in [4.69, 9.17) is 21.1 Å². The first-order valence-corrected chi connectivity index (χ1v) is 7.20.